The minimum absolute atomic E-state index is 0. The standard InChI is InChI=1S/C18H20N2S.C18H19NS2.2C10H18O4S.C10H16S.C10H14.C9H16O4S2.C8H10O2S.C7H14O2.14CH4/c1-3-13(2)15-10-8-14(9-11-15)12-21-18-19-16-6-4-5-7-17(16)20-18;1-3-13(2)15-10-8-14(9-11-15)12-20-18-19-16-6-4-5-7-17(16)21-18;2*1-5-10(2,3)8(11)13-6-7-14-9(12)15-4;1-5-9-7(3)11-8(4)10(9)6-2;1-3-9(2)10-7-5-4-6-8-10;1-4-9(2,3)7(10)12-5-6-13-8(11)15-14;1-5-7-8(6(2)11-5)10-4-3-9-7;1-5-7(2,3)6(8)9-4;;;;;;;;;;;;;;/h4-11,13H,3,12H2,1-2H3,(H,19,20);4-11,13H,3,12H2,1-2H3;2*5-7H2,1-4H3;5-6H2,1-4H3;4-9H,3H2,1-2H3;14H,4-6H2,1-3H3;3-4H2,1-2H3;5H2,1-4H3;14*1H4. The van der Waals surface area contributed by atoms with Crippen LogP contribution in [0, 0.1) is 49.4 Å². The third kappa shape index (κ3) is 60.8. The number of fused-ring (bicyclic) bond motifs is 3. The van der Waals surface area contributed by atoms with Crippen LogP contribution in [0.15, 0.2) is 137 Å². The fraction of sp³-hybridized carbons (Fsp3) is 0.588. The van der Waals surface area contributed by atoms with Gasteiger partial charge in [0.2, 0.25) is 0 Å². The summed E-state index contributed by atoms with van der Waals surface area (Å²) < 4.78 is 46.9. The predicted octanol–water partition coefficient (Wildman–Crippen LogP) is 38.4. The van der Waals surface area contributed by atoms with E-state index in [9.17, 15) is 33.6 Å². The van der Waals surface area contributed by atoms with Gasteiger partial charge in [-0.05, 0) is 258 Å². The number of H-pyrrole nitrogens is 1. The molecule has 0 saturated carbocycles. The molecule has 28 heteroatoms. The molecule has 142 heavy (non-hydrogen) atoms. The minimum Gasteiger partial charge on any atom is -0.485 e. The monoisotopic (exact) mass is 2160 g/mol. The molecule has 10 rings (SSSR count). The van der Waals surface area contributed by atoms with Gasteiger partial charge in [0, 0.05) is 41.8 Å². The summed E-state index contributed by atoms with van der Waals surface area (Å²) in [4.78, 5) is 95.3. The molecule has 9 aromatic rings. The smallest absolute Gasteiger partial charge is 0.377 e. The maximum absolute atomic E-state index is 11.4. The van der Waals surface area contributed by atoms with E-state index < -0.39 is 21.5 Å². The Bertz CT molecular complexity index is 4300. The van der Waals surface area contributed by atoms with Crippen molar-refractivity contribution < 1.29 is 76.2 Å². The average Bonchev–Trinajstić information content (AvgIpc) is 1.65. The van der Waals surface area contributed by atoms with Crippen LogP contribution in [0.2, 0.25) is 0 Å². The number of rotatable bonds is 31. The summed E-state index contributed by atoms with van der Waals surface area (Å²) in [6.45, 7) is 51.0. The Morgan fingerprint density at radius 2 is 0.711 bits per heavy atom. The van der Waals surface area contributed by atoms with E-state index in [-0.39, 0.29) is 184 Å². The van der Waals surface area contributed by atoms with E-state index >= 15 is 0 Å². The number of thiophene rings is 2. The van der Waals surface area contributed by atoms with Crippen LogP contribution < -0.4 is 9.47 Å². The van der Waals surface area contributed by atoms with Crippen molar-refractivity contribution in [1.82, 2.24) is 15.0 Å². The molecular formula is C114H201N3O16S9. The number of thiol groups is 1. The lowest BCUT2D eigenvalue weighted by molar-refractivity contribution is -0.155. The molecule has 1 N–H and O–H groups in total. The Morgan fingerprint density at radius 1 is 0.394 bits per heavy atom. The fourth-order valence-electron chi connectivity index (χ4n) is 10.9. The van der Waals surface area contributed by atoms with Crippen LogP contribution in [0.3, 0.4) is 0 Å². The lowest BCUT2D eigenvalue weighted by Crippen LogP contribution is -2.27. The number of carbonyl (C=O) groups is 7. The topological polar surface area (TPSA) is 244 Å². The third-order valence-electron chi connectivity index (χ3n) is 21.6. The van der Waals surface area contributed by atoms with Gasteiger partial charge in [0.25, 0.3) is 0 Å². The number of carbonyl (C=O) groups excluding carboxylic acids is 7. The number of imidazole rings is 1. The number of thiazole rings is 1. The van der Waals surface area contributed by atoms with Crippen LogP contribution in [0.5, 0.6) is 11.5 Å². The largest absolute Gasteiger partial charge is 0.485 e. The van der Waals surface area contributed by atoms with Crippen LogP contribution in [-0.4, -0.2) is 127 Å². The summed E-state index contributed by atoms with van der Waals surface area (Å²) in [7, 11) is 2.10. The first-order chi connectivity index (χ1) is 60.7. The van der Waals surface area contributed by atoms with E-state index in [0.29, 0.717) is 48.2 Å². The minimum atomic E-state index is -0.496. The van der Waals surface area contributed by atoms with Crippen molar-refractivity contribution in [3.05, 3.63) is 186 Å². The highest BCUT2D eigenvalue weighted by atomic mass is 33.1. The number of aromatic nitrogens is 3. The molecule has 3 unspecified atom stereocenters. The molecule has 5 aromatic carbocycles. The maximum Gasteiger partial charge on any atom is 0.377 e. The fourth-order valence-corrected chi connectivity index (χ4v) is 16.7. The average molecular weight is 2160 g/mol. The van der Waals surface area contributed by atoms with Gasteiger partial charge < -0.3 is 47.6 Å². The Balaban J connectivity index is -0.000000120. The second-order valence-electron chi connectivity index (χ2n) is 32.5. The van der Waals surface area contributed by atoms with Crippen molar-refractivity contribution in [3.8, 4) is 11.5 Å². The summed E-state index contributed by atoms with van der Waals surface area (Å²) in [5.74, 6) is 4.91. The zero-order valence-corrected chi connectivity index (χ0v) is 88.4. The first-order valence-electron chi connectivity index (χ1n) is 43.9. The molecule has 0 amide bonds. The molecule has 5 heterocycles. The first-order valence-corrected chi connectivity index (χ1v) is 52.7. The number of nitrogens with zero attached hydrogens (tertiary/aromatic N) is 2. The Kier molecular flexibility index (Phi) is 101. The van der Waals surface area contributed by atoms with Gasteiger partial charge in [-0.1, -0.05) is 325 Å². The van der Waals surface area contributed by atoms with Crippen molar-refractivity contribution in [2.75, 3.05) is 72.5 Å². The van der Waals surface area contributed by atoms with E-state index in [2.05, 4.69) is 222 Å². The molecule has 822 valence electrons. The number of benzene rings is 5. The van der Waals surface area contributed by atoms with Gasteiger partial charge in [0.15, 0.2) is 21.0 Å². The quantitative estimate of drug-likeness (QED) is 0.0102. The van der Waals surface area contributed by atoms with Gasteiger partial charge in [-0.15, -0.1) is 34.0 Å². The summed E-state index contributed by atoms with van der Waals surface area (Å²) in [5.41, 5.74) is 11.7. The number of hydrogen-bond acceptors (Lipinski definition) is 27. The van der Waals surface area contributed by atoms with Gasteiger partial charge >= 0.3 is 39.8 Å². The number of para-hydroxylation sites is 3. The zero-order chi connectivity index (χ0) is 96.2. The summed E-state index contributed by atoms with van der Waals surface area (Å²) >= 11 is 14.7. The molecular weight excluding hydrogens is 1960 g/mol. The third-order valence-corrected chi connectivity index (χ3v) is 28.5. The van der Waals surface area contributed by atoms with E-state index in [1.54, 1.807) is 58.1 Å². The van der Waals surface area contributed by atoms with Crippen molar-refractivity contribution in [2.24, 2.45) is 21.7 Å². The highest BCUT2D eigenvalue weighted by Gasteiger charge is 2.30. The molecule has 0 radical (unpaired) electrons. The number of ether oxygens (including phenoxy) is 9. The van der Waals surface area contributed by atoms with Crippen LogP contribution >= 0.6 is 104 Å². The SMILES string of the molecule is C.C.C.C.C.C.C.C.C.C.C.C.C.C.CCC(C)(C)C(=O)OC.CCC(C)(C)C(=O)OCCOC(=O)SC.CCC(C)(C)C(=O)OCCOC(=O)SC.CCC(C)(C)C(=O)OCCOC(=O)SS.CCC(C)c1ccc(CSc2nc3ccccc3[nH]2)cc1.CCC(C)c1ccc(CSc2nc3ccccc3s2)cc1.CCC(C)c1ccccc1.CCc1c(C)sc(C)c1CC.Cc1sc(C)c2c1OCCO2. The second-order valence-corrected chi connectivity index (χ2v) is 41.1. The zero-order valence-electron chi connectivity index (χ0n) is 80.9. The lowest BCUT2D eigenvalue weighted by Gasteiger charge is -2.20. The number of nitrogens with one attached hydrogen (secondary N) is 1. The molecule has 19 nitrogen and oxygen atoms in total. The van der Waals surface area contributed by atoms with Gasteiger partial charge in [0.05, 0.1) is 50.0 Å². The Hall–Kier alpha value is -7.15. The van der Waals surface area contributed by atoms with E-state index in [1.165, 1.54) is 91.2 Å². The second kappa shape index (κ2) is 88.0. The van der Waals surface area contributed by atoms with Crippen molar-refractivity contribution >= 4 is 165 Å². The molecule has 4 aromatic heterocycles. The maximum atomic E-state index is 11.4. The predicted molar refractivity (Wildman–Crippen MR) is 641 cm³/mol. The Labute approximate surface area is 906 Å². The van der Waals surface area contributed by atoms with Gasteiger partial charge in [0.1, 0.15) is 52.9 Å². The van der Waals surface area contributed by atoms with E-state index in [0.717, 1.165) is 91.8 Å². The van der Waals surface area contributed by atoms with E-state index in [4.69, 9.17) is 33.2 Å². The van der Waals surface area contributed by atoms with Crippen LogP contribution in [0.1, 0.15) is 364 Å². The van der Waals surface area contributed by atoms with E-state index in [1.807, 2.05) is 130 Å². The molecule has 1 aliphatic rings. The molecule has 0 fully saturated rings. The van der Waals surface area contributed by atoms with Crippen LogP contribution in [0.4, 0.5) is 14.4 Å². The number of hydrogen-bond donors (Lipinski definition) is 2. The molecule has 0 aliphatic carbocycles. The number of esters is 4. The van der Waals surface area contributed by atoms with Crippen molar-refractivity contribution in [3.63, 3.8) is 0 Å². The summed E-state index contributed by atoms with van der Waals surface area (Å²) in [6.07, 6.45) is 12.2. The van der Waals surface area contributed by atoms with Gasteiger partial charge in [-0.2, -0.15) is 0 Å². The van der Waals surface area contributed by atoms with Gasteiger partial charge in [-0.3, -0.25) is 19.2 Å². The number of methoxy groups -OCH3 is 1. The number of aryl methyl sites for hydroxylation is 4. The molecule has 0 spiro atoms. The first kappa shape index (κ1) is 163. The normalized spacial score (nSPS) is 10.8. The summed E-state index contributed by atoms with van der Waals surface area (Å²) in [5, 5.41) is -0.229. The highest BCUT2D eigenvalue weighted by molar-refractivity contribution is 8.74. The van der Waals surface area contributed by atoms with Crippen molar-refractivity contribution in [1.29, 1.82) is 0 Å². The number of thioether (sulfide) groups is 4. The van der Waals surface area contributed by atoms with Gasteiger partial charge in [-0.25, -0.2) is 24.4 Å². The molecule has 0 bridgehead atoms. The molecule has 0 saturated heterocycles. The molecule has 1 aliphatic heterocycles. The Morgan fingerprint density at radius 3 is 1.04 bits per heavy atom. The van der Waals surface area contributed by atoms with Crippen molar-refractivity contribution in [2.45, 2.75) is 367 Å². The number of aromatic amines is 1. The van der Waals surface area contributed by atoms with Crippen LogP contribution in [0.25, 0.3) is 21.3 Å². The lowest BCUT2D eigenvalue weighted by atomic mass is 9.91. The summed E-state index contributed by atoms with van der Waals surface area (Å²) in [6, 6.07) is 45.1. The highest BCUT2D eigenvalue weighted by Crippen LogP contribution is 2.43. The molecule has 3 atom stereocenters. The van der Waals surface area contributed by atoms with Crippen LogP contribution in [-0.2, 0) is 76.7 Å².